The van der Waals surface area contributed by atoms with Crippen LogP contribution in [0.2, 0.25) is 0 Å². The van der Waals surface area contributed by atoms with Crippen LogP contribution >= 0.6 is 0 Å². The second-order valence-electron chi connectivity index (χ2n) is 8.43. The van der Waals surface area contributed by atoms with Crippen LogP contribution in [0.15, 0.2) is 23.1 Å². The molecule has 4 aliphatic rings. The summed E-state index contributed by atoms with van der Waals surface area (Å²) < 4.78 is 7.07. The number of anilines is 2. The maximum atomic E-state index is 12.1. The van der Waals surface area contributed by atoms with Crippen LogP contribution in [0, 0.1) is 5.92 Å². The van der Waals surface area contributed by atoms with E-state index in [0.717, 1.165) is 50.1 Å². The lowest BCUT2D eigenvalue weighted by atomic mass is 9.50. The second-order valence-corrected chi connectivity index (χ2v) is 8.43. The van der Waals surface area contributed by atoms with Crippen molar-refractivity contribution < 1.29 is 9.53 Å². The van der Waals surface area contributed by atoms with E-state index in [9.17, 15) is 9.59 Å². The summed E-state index contributed by atoms with van der Waals surface area (Å²) in [6.45, 7) is 0. The lowest BCUT2D eigenvalue weighted by Gasteiger charge is -2.61. The molecule has 2 heterocycles. The van der Waals surface area contributed by atoms with Crippen molar-refractivity contribution in [3.05, 3.63) is 34.5 Å². The van der Waals surface area contributed by atoms with Crippen molar-refractivity contribution in [2.24, 2.45) is 13.0 Å². The van der Waals surface area contributed by atoms with E-state index >= 15 is 0 Å². The highest BCUT2D eigenvalue weighted by molar-refractivity contribution is 5.69. The van der Waals surface area contributed by atoms with Gasteiger partial charge in [0.1, 0.15) is 11.9 Å². The number of ether oxygens (including phenoxy) is 1. The maximum absolute atomic E-state index is 12.1. The first-order chi connectivity index (χ1) is 13.5. The molecule has 0 aliphatic heterocycles. The van der Waals surface area contributed by atoms with E-state index in [1.807, 2.05) is 6.07 Å². The van der Waals surface area contributed by atoms with E-state index in [1.165, 1.54) is 10.8 Å². The first kappa shape index (κ1) is 17.3. The topological polar surface area (TPSA) is 114 Å². The van der Waals surface area contributed by atoms with Crippen molar-refractivity contribution in [3.8, 4) is 0 Å². The lowest BCUT2D eigenvalue weighted by Crippen LogP contribution is -2.68. The number of hydrogen-bond donors (Lipinski definition) is 3. The molecule has 9 heteroatoms. The van der Waals surface area contributed by atoms with Gasteiger partial charge in [-0.05, 0) is 50.5 Å². The molecule has 0 unspecified atom stereocenters. The van der Waals surface area contributed by atoms with E-state index in [2.05, 4.69) is 25.8 Å². The zero-order chi connectivity index (χ0) is 19.3. The number of nitrogens with one attached hydrogen (secondary N) is 3. The molecule has 148 valence electrons. The zero-order valence-electron chi connectivity index (χ0n) is 15.8. The molecule has 2 aromatic rings. The number of amides is 1. The molecular weight excluding hydrogens is 360 g/mol. The molecule has 4 saturated carbocycles. The van der Waals surface area contributed by atoms with Crippen molar-refractivity contribution in [2.75, 3.05) is 5.32 Å². The molecule has 9 nitrogen and oxygen atoms in total. The standard InChI is InChI=1S/C19H24N6O3/c1-25-16(4-5-20-17(25)26)21-15-7-14(23-24-15)12-2-3-13(6-12)28-18(27)22-19-8-11(9-19)10-19/h4-5,7,11-13H,2-3,6,8-10H2,1H3,(H,22,27)(H2,21,23,24)/t11?,12-,13+,19?/m0/s1. The van der Waals surface area contributed by atoms with Crippen molar-refractivity contribution in [3.63, 3.8) is 0 Å². The van der Waals surface area contributed by atoms with E-state index in [0.29, 0.717) is 11.6 Å². The Balaban J connectivity index is 1.17. The minimum atomic E-state index is -0.325. The van der Waals surface area contributed by atoms with Crippen LogP contribution < -0.4 is 16.3 Å². The number of carbonyl (C=O) groups is 1. The van der Waals surface area contributed by atoms with Gasteiger partial charge in [-0.3, -0.25) is 9.67 Å². The Morgan fingerprint density at radius 2 is 2.18 bits per heavy atom. The third-order valence-electron chi connectivity index (χ3n) is 6.42. The summed E-state index contributed by atoms with van der Waals surface area (Å²) in [5, 5.41) is 13.5. The van der Waals surface area contributed by atoms with Crippen LogP contribution in [0.25, 0.3) is 0 Å². The highest BCUT2D eigenvalue weighted by Crippen LogP contribution is 2.57. The number of aromatic nitrogens is 4. The molecule has 2 bridgehead atoms. The number of carbonyl (C=O) groups excluding carboxylic acids is 1. The van der Waals surface area contributed by atoms with Crippen molar-refractivity contribution in [2.45, 2.75) is 56.1 Å². The van der Waals surface area contributed by atoms with Crippen molar-refractivity contribution >= 4 is 17.7 Å². The number of rotatable bonds is 5. The Labute approximate surface area is 161 Å². The molecule has 4 fully saturated rings. The van der Waals surface area contributed by atoms with E-state index < -0.39 is 0 Å². The molecular formula is C19H24N6O3. The fourth-order valence-electron chi connectivity index (χ4n) is 4.70. The predicted molar refractivity (Wildman–Crippen MR) is 101 cm³/mol. The average Bonchev–Trinajstić information content (AvgIpc) is 3.23. The summed E-state index contributed by atoms with van der Waals surface area (Å²) in [4.78, 5) is 27.5. The first-order valence-corrected chi connectivity index (χ1v) is 9.83. The highest BCUT2D eigenvalue weighted by Gasteiger charge is 2.57. The van der Waals surface area contributed by atoms with Gasteiger partial charge in [0.25, 0.3) is 0 Å². The Kier molecular flexibility index (Phi) is 3.92. The Morgan fingerprint density at radius 1 is 1.36 bits per heavy atom. The molecule has 2 aromatic heterocycles. The quantitative estimate of drug-likeness (QED) is 0.728. The van der Waals surface area contributed by atoms with E-state index in [-0.39, 0.29) is 29.3 Å². The zero-order valence-corrected chi connectivity index (χ0v) is 15.8. The van der Waals surface area contributed by atoms with Gasteiger partial charge in [0.05, 0.1) is 0 Å². The Hall–Kier alpha value is -2.84. The van der Waals surface area contributed by atoms with Gasteiger partial charge in [-0.25, -0.2) is 14.6 Å². The maximum Gasteiger partial charge on any atom is 0.407 e. The molecule has 3 N–H and O–H groups in total. The van der Waals surface area contributed by atoms with E-state index in [1.54, 1.807) is 13.1 Å². The summed E-state index contributed by atoms with van der Waals surface area (Å²) in [5.74, 6) is 2.36. The molecule has 6 rings (SSSR count). The molecule has 1 amide bonds. The van der Waals surface area contributed by atoms with Gasteiger partial charge in [-0.15, -0.1) is 0 Å². The predicted octanol–water partition coefficient (Wildman–Crippen LogP) is 2.16. The van der Waals surface area contributed by atoms with Crippen LogP contribution in [0.3, 0.4) is 0 Å². The smallest absolute Gasteiger partial charge is 0.407 e. The van der Waals surface area contributed by atoms with Crippen LogP contribution in [0.5, 0.6) is 0 Å². The van der Waals surface area contributed by atoms with Crippen molar-refractivity contribution in [1.29, 1.82) is 0 Å². The molecule has 2 atom stereocenters. The van der Waals surface area contributed by atoms with Gasteiger partial charge in [0, 0.05) is 36.5 Å². The Morgan fingerprint density at radius 3 is 2.93 bits per heavy atom. The van der Waals surface area contributed by atoms with Gasteiger partial charge >= 0.3 is 11.8 Å². The molecule has 4 aliphatic carbocycles. The minimum absolute atomic E-state index is 0.0523. The highest BCUT2D eigenvalue weighted by atomic mass is 16.6. The molecule has 28 heavy (non-hydrogen) atoms. The van der Waals surface area contributed by atoms with Crippen LogP contribution in [0.4, 0.5) is 16.4 Å². The van der Waals surface area contributed by atoms with Gasteiger partial charge in [-0.1, -0.05) is 0 Å². The lowest BCUT2D eigenvalue weighted by molar-refractivity contribution is -0.0506. The number of nitrogens with zero attached hydrogens (tertiary/aromatic N) is 3. The first-order valence-electron chi connectivity index (χ1n) is 9.83. The van der Waals surface area contributed by atoms with E-state index in [4.69, 9.17) is 4.74 Å². The number of H-pyrrole nitrogens is 1. The summed E-state index contributed by atoms with van der Waals surface area (Å²) in [5.41, 5.74) is 0.734. The number of aromatic amines is 1. The summed E-state index contributed by atoms with van der Waals surface area (Å²) in [6.07, 6.45) is 7.07. The monoisotopic (exact) mass is 384 g/mol. The number of hydrogen-bond acceptors (Lipinski definition) is 6. The normalized spacial score (nSPS) is 30.2. The fraction of sp³-hybridized carbons (Fsp3) is 0.579. The third kappa shape index (κ3) is 3.04. The molecule has 0 saturated heterocycles. The largest absolute Gasteiger partial charge is 0.446 e. The average molecular weight is 384 g/mol. The van der Waals surface area contributed by atoms with Crippen LogP contribution in [0.1, 0.15) is 50.1 Å². The fourth-order valence-corrected chi connectivity index (χ4v) is 4.70. The van der Waals surface area contributed by atoms with Gasteiger partial charge in [0.15, 0.2) is 5.82 Å². The van der Waals surface area contributed by atoms with Crippen LogP contribution in [-0.4, -0.2) is 37.5 Å². The van der Waals surface area contributed by atoms with Gasteiger partial charge < -0.3 is 15.4 Å². The summed E-state index contributed by atoms with van der Waals surface area (Å²) in [7, 11) is 1.65. The number of alkyl carbamates (subject to hydrolysis) is 1. The Bertz CT molecular complexity index is 950. The molecule has 0 aromatic carbocycles. The summed E-state index contributed by atoms with van der Waals surface area (Å²) >= 11 is 0. The van der Waals surface area contributed by atoms with Gasteiger partial charge in [-0.2, -0.15) is 5.10 Å². The summed E-state index contributed by atoms with van der Waals surface area (Å²) in [6, 6.07) is 3.67. The third-order valence-corrected chi connectivity index (χ3v) is 6.42. The molecule has 0 spiro atoms. The van der Waals surface area contributed by atoms with Crippen LogP contribution in [-0.2, 0) is 11.8 Å². The van der Waals surface area contributed by atoms with Gasteiger partial charge in [0.2, 0.25) is 0 Å². The molecule has 0 radical (unpaired) electrons. The SMILES string of the molecule is Cn1c(Nc2cc([C@H]3CC[C@@H](OC(=O)NC45CC(C4)C5)C3)[nH]n2)ccnc1=O. The van der Waals surface area contributed by atoms with Crippen molar-refractivity contribution in [1.82, 2.24) is 25.1 Å². The second kappa shape index (κ2) is 6.35. The minimum Gasteiger partial charge on any atom is -0.446 e.